The number of hydrogen-bond acceptors (Lipinski definition) is 3. The minimum atomic E-state index is -0.307. The van der Waals surface area contributed by atoms with Crippen LogP contribution in [-0.4, -0.2) is 10.9 Å². The summed E-state index contributed by atoms with van der Waals surface area (Å²) in [6, 6.07) is 18.7. The first-order valence-corrected chi connectivity index (χ1v) is 8.53. The summed E-state index contributed by atoms with van der Waals surface area (Å²) >= 11 is 0. The van der Waals surface area contributed by atoms with E-state index in [0.717, 1.165) is 11.1 Å². The van der Waals surface area contributed by atoms with Crippen molar-refractivity contribution in [3.05, 3.63) is 95.9 Å². The van der Waals surface area contributed by atoms with Gasteiger partial charge in [0.05, 0.1) is 6.04 Å². The van der Waals surface area contributed by atoms with Gasteiger partial charge in [0, 0.05) is 18.3 Å². The Morgan fingerprint density at radius 1 is 1.11 bits per heavy atom. The molecule has 5 heteroatoms. The predicted octanol–water partition coefficient (Wildman–Crippen LogP) is 4.90. The number of hydrogen-bond donors (Lipinski definition) is 1. The Balaban J connectivity index is 1.61. The molecule has 0 unspecified atom stereocenters. The molecule has 1 aromatic heterocycles. The number of benzene rings is 2. The van der Waals surface area contributed by atoms with Gasteiger partial charge < -0.3 is 10.1 Å². The molecule has 0 aliphatic heterocycles. The largest absolute Gasteiger partial charge is 0.439 e. The number of rotatable bonds is 6. The zero-order chi connectivity index (χ0) is 19.1. The molecule has 3 rings (SSSR count). The molecular formula is C22H19FN2O2. The highest BCUT2D eigenvalue weighted by Crippen LogP contribution is 2.23. The Hall–Kier alpha value is -3.47. The fourth-order valence-corrected chi connectivity index (χ4v) is 2.47. The van der Waals surface area contributed by atoms with Crippen molar-refractivity contribution < 1.29 is 13.9 Å². The van der Waals surface area contributed by atoms with E-state index in [0.29, 0.717) is 11.6 Å². The van der Waals surface area contributed by atoms with Crippen LogP contribution in [0.15, 0.2) is 79.0 Å². The number of nitrogens with zero attached hydrogens (tertiary/aromatic N) is 1. The molecule has 1 heterocycles. The maximum absolute atomic E-state index is 12.9. The molecule has 0 bridgehead atoms. The minimum absolute atomic E-state index is 0.206. The Morgan fingerprint density at radius 3 is 2.67 bits per heavy atom. The molecule has 0 aliphatic carbocycles. The first kappa shape index (κ1) is 18.3. The van der Waals surface area contributed by atoms with E-state index in [1.54, 1.807) is 30.5 Å². The third-order valence-electron chi connectivity index (χ3n) is 3.87. The summed E-state index contributed by atoms with van der Waals surface area (Å²) in [5.74, 6) is 0.614. The van der Waals surface area contributed by atoms with Crippen LogP contribution in [0.2, 0.25) is 0 Å². The molecular weight excluding hydrogens is 343 g/mol. The van der Waals surface area contributed by atoms with Gasteiger partial charge in [-0.05, 0) is 54.5 Å². The van der Waals surface area contributed by atoms with Crippen molar-refractivity contribution in [1.82, 2.24) is 10.3 Å². The van der Waals surface area contributed by atoms with Crippen LogP contribution in [0.3, 0.4) is 0 Å². The monoisotopic (exact) mass is 362 g/mol. The van der Waals surface area contributed by atoms with Gasteiger partial charge in [0.1, 0.15) is 11.6 Å². The zero-order valence-electron chi connectivity index (χ0n) is 14.8. The van der Waals surface area contributed by atoms with Crippen molar-refractivity contribution in [1.29, 1.82) is 0 Å². The molecule has 0 saturated heterocycles. The quantitative estimate of drug-likeness (QED) is 0.634. The summed E-state index contributed by atoms with van der Waals surface area (Å²) in [6.07, 6.45) is 4.73. The average molecular weight is 362 g/mol. The second-order valence-electron chi connectivity index (χ2n) is 5.96. The van der Waals surface area contributed by atoms with E-state index in [1.807, 2.05) is 43.3 Å². The number of nitrogens with one attached hydrogen (secondary N) is 1. The number of carbonyl (C=O) groups excluding carboxylic acids is 1. The van der Waals surface area contributed by atoms with Crippen molar-refractivity contribution in [2.45, 2.75) is 13.0 Å². The number of pyridine rings is 1. The molecule has 27 heavy (non-hydrogen) atoms. The maximum atomic E-state index is 12.9. The lowest BCUT2D eigenvalue weighted by Crippen LogP contribution is -2.24. The summed E-state index contributed by atoms with van der Waals surface area (Å²) in [7, 11) is 0. The third kappa shape index (κ3) is 5.51. The molecule has 1 N–H and O–H groups in total. The Kier molecular flexibility index (Phi) is 5.94. The topological polar surface area (TPSA) is 51.2 Å². The summed E-state index contributed by atoms with van der Waals surface area (Å²) < 4.78 is 18.6. The molecule has 1 amide bonds. The number of ether oxygens (including phenoxy) is 1. The van der Waals surface area contributed by atoms with Crippen molar-refractivity contribution in [2.75, 3.05) is 0 Å². The minimum Gasteiger partial charge on any atom is -0.439 e. The predicted molar refractivity (Wildman–Crippen MR) is 103 cm³/mol. The highest BCUT2D eigenvalue weighted by molar-refractivity contribution is 5.91. The van der Waals surface area contributed by atoms with Gasteiger partial charge in [0.25, 0.3) is 0 Å². The average Bonchev–Trinajstić information content (AvgIpc) is 2.68. The maximum Gasteiger partial charge on any atom is 0.244 e. The van der Waals surface area contributed by atoms with Gasteiger partial charge in [-0.3, -0.25) is 4.79 Å². The number of amides is 1. The van der Waals surface area contributed by atoms with Crippen LogP contribution in [-0.2, 0) is 4.79 Å². The molecule has 3 aromatic rings. The van der Waals surface area contributed by atoms with Crippen LogP contribution >= 0.6 is 0 Å². The smallest absolute Gasteiger partial charge is 0.244 e. The van der Waals surface area contributed by atoms with E-state index in [4.69, 9.17) is 4.74 Å². The van der Waals surface area contributed by atoms with E-state index in [9.17, 15) is 9.18 Å². The first-order valence-electron chi connectivity index (χ1n) is 8.53. The molecule has 0 spiro atoms. The highest BCUT2D eigenvalue weighted by Gasteiger charge is 2.09. The number of carbonyl (C=O) groups is 1. The van der Waals surface area contributed by atoms with Crippen molar-refractivity contribution in [2.24, 2.45) is 0 Å². The molecule has 0 fully saturated rings. The van der Waals surface area contributed by atoms with Gasteiger partial charge >= 0.3 is 0 Å². The molecule has 0 saturated carbocycles. The van der Waals surface area contributed by atoms with Crippen LogP contribution in [0.1, 0.15) is 24.1 Å². The molecule has 136 valence electrons. The first-order chi connectivity index (χ1) is 13.1. The van der Waals surface area contributed by atoms with Gasteiger partial charge in [0.15, 0.2) is 0 Å². The number of aromatic nitrogens is 1. The Morgan fingerprint density at radius 2 is 1.93 bits per heavy atom. The van der Waals surface area contributed by atoms with E-state index < -0.39 is 0 Å². The third-order valence-corrected chi connectivity index (χ3v) is 3.87. The van der Waals surface area contributed by atoms with Crippen LogP contribution < -0.4 is 10.1 Å². The van der Waals surface area contributed by atoms with Crippen molar-refractivity contribution in [3.63, 3.8) is 0 Å². The SMILES string of the molecule is C[C@H](NC(=O)/C=C/c1ccc(F)cc1)c1cccc(Oc2ccccn2)c1. The molecule has 4 nitrogen and oxygen atoms in total. The molecule has 0 radical (unpaired) electrons. The fraction of sp³-hybridized carbons (Fsp3) is 0.0909. The van der Waals surface area contributed by atoms with E-state index in [1.165, 1.54) is 18.2 Å². The number of halogens is 1. The van der Waals surface area contributed by atoms with Gasteiger partial charge in [-0.2, -0.15) is 0 Å². The lowest BCUT2D eigenvalue weighted by Gasteiger charge is -2.14. The lowest BCUT2D eigenvalue weighted by molar-refractivity contribution is -0.117. The van der Waals surface area contributed by atoms with E-state index in [2.05, 4.69) is 10.3 Å². The zero-order valence-corrected chi connectivity index (χ0v) is 14.8. The standard InChI is InChI=1S/C22H19FN2O2/c1-16(25-21(26)13-10-17-8-11-19(23)12-9-17)18-5-4-6-20(15-18)27-22-7-2-3-14-24-22/h2-16H,1H3,(H,25,26)/b13-10+/t16-/m0/s1. The van der Waals surface area contributed by atoms with Gasteiger partial charge in [0.2, 0.25) is 11.8 Å². The highest BCUT2D eigenvalue weighted by atomic mass is 19.1. The van der Waals surface area contributed by atoms with E-state index in [-0.39, 0.29) is 17.8 Å². The molecule has 0 aliphatic rings. The summed E-state index contributed by atoms with van der Waals surface area (Å²) in [6.45, 7) is 1.89. The van der Waals surface area contributed by atoms with Crippen LogP contribution in [0.5, 0.6) is 11.6 Å². The van der Waals surface area contributed by atoms with Crippen LogP contribution in [0.25, 0.3) is 6.08 Å². The normalized spacial score (nSPS) is 11.9. The second-order valence-corrected chi connectivity index (χ2v) is 5.96. The van der Waals surface area contributed by atoms with Crippen LogP contribution in [0.4, 0.5) is 4.39 Å². The molecule has 2 aromatic carbocycles. The molecule has 1 atom stereocenters. The van der Waals surface area contributed by atoms with Gasteiger partial charge in [-0.1, -0.05) is 30.3 Å². The van der Waals surface area contributed by atoms with Gasteiger partial charge in [-0.15, -0.1) is 0 Å². The lowest BCUT2D eigenvalue weighted by atomic mass is 10.1. The van der Waals surface area contributed by atoms with E-state index >= 15 is 0 Å². The Labute approximate surface area is 157 Å². The summed E-state index contributed by atoms with van der Waals surface area (Å²) in [5, 5.41) is 2.90. The van der Waals surface area contributed by atoms with Crippen molar-refractivity contribution in [3.8, 4) is 11.6 Å². The Bertz CT molecular complexity index is 925. The fourth-order valence-electron chi connectivity index (χ4n) is 2.47. The summed E-state index contributed by atoms with van der Waals surface area (Å²) in [5.41, 5.74) is 1.66. The van der Waals surface area contributed by atoms with Crippen molar-refractivity contribution >= 4 is 12.0 Å². The van der Waals surface area contributed by atoms with Gasteiger partial charge in [-0.25, -0.2) is 9.37 Å². The van der Waals surface area contributed by atoms with Crippen LogP contribution in [0, 0.1) is 5.82 Å². The summed E-state index contributed by atoms with van der Waals surface area (Å²) in [4.78, 5) is 16.3. The second kappa shape index (κ2) is 8.76.